The maximum absolute atomic E-state index is 11.8. The van der Waals surface area contributed by atoms with Gasteiger partial charge in [-0.05, 0) is 27.2 Å². The number of nitrogens with one attached hydrogen (secondary N) is 1. The van der Waals surface area contributed by atoms with Crippen LogP contribution in [0.2, 0.25) is 0 Å². The summed E-state index contributed by atoms with van der Waals surface area (Å²) < 4.78 is 14.2. The van der Waals surface area contributed by atoms with Crippen molar-refractivity contribution in [2.45, 2.75) is 38.8 Å². The number of hydrogen-bond acceptors (Lipinski definition) is 5. The van der Waals surface area contributed by atoms with Gasteiger partial charge in [-0.2, -0.15) is 0 Å². The summed E-state index contributed by atoms with van der Waals surface area (Å²) in [5.41, 5.74) is -0.450. The first-order chi connectivity index (χ1) is 9.42. The predicted molar refractivity (Wildman–Crippen MR) is 75.6 cm³/mol. The normalized spacial score (nSPS) is 19.6. The van der Waals surface area contributed by atoms with Crippen molar-refractivity contribution in [1.82, 2.24) is 10.2 Å². The van der Waals surface area contributed by atoms with Crippen LogP contribution in [0.25, 0.3) is 0 Å². The van der Waals surface area contributed by atoms with E-state index in [1.54, 1.807) is 4.90 Å². The van der Waals surface area contributed by atoms with Crippen LogP contribution in [0.15, 0.2) is 0 Å². The summed E-state index contributed by atoms with van der Waals surface area (Å²) in [4.78, 5) is 35.0. The van der Waals surface area contributed by atoms with E-state index in [9.17, 15) is 4.79 Å². The Morgan fingerprint density at radius 2 is 1.90 bits per heavy atom. The molecule has 1 aliphatic rings. The van der Waals surface area contributed by atoms with E-state index in [0.717, 1.165) is 6.54 Å². The molecule has 0 aliphatic carbocycles. The summed E-state index contributed by atoms with van der Waals surface area (Å²) in [6.07, 6.45) is 0.399. The largest absolute Gasteiger partial charge is 0.466 e. The molecular formula is C11H25N2O7P. The second kappa shape index (κ2) is 8.67. The lowest BCUT2D eigenvalue weighted by Gasteiger charge is -2.34. The molecule has 21 heavy (non-hydrogen) atoms. The van der Waals surface area contributed by atoms with E-state index < -0.39 is 13.4 Å². The van der Waals surface area contributed by atoms with Crippen LogP contribution in [0, 0.1) is 0 Å². The molecule has 0 aromatic carbocycles. The van der Waals surface area contributed by atoms with Crippen LogP contribution < -0.4 is 5.32 Å². The number of hydrogen-bond donors (Lipinski definition) is 5. The summed E-state index contributed by atoms with van der Waals surface area (Å²) in [7, 11) is -4.64. The van der Waals surface area contributed by atoms with Gasteiger partial charge in [-0.25, -0.2) is 9.36 Å². The third kappa shape index (κ3) is 12.7. The van der Waals surface area contributed by atoms with Gasteiger partial charge < -0.3 is 34.7 Å². The Balaban J connectivity index is 0.000000690. The van der Waals surface area contributed by atoms with E-state index in [2.05, 4.69) is 5.32 Å². The predicted octanol–water partition coefficient (Wildman–Crippen LogP) is -0.351. The quantitative estimate of drug-likeness (QED) is 0.433. The van der Waals surface area contributed by atoms with Gasteiger partial charge in [0.1, 0.15) is 5.60 Å². The molecule has 0 aromatic rings. The van der Waals surface area contributed by atoms with Crippen LogP contribution in [-0.4, -0.2) is 68.7 Å². The van der Waals surface area contributed by atoms with E-state index in [0.29, 0.717) is 19.5 Å². The average molecular weight is 328 g/mol. The van der Waals surface area contributed by atoms with Crippen molar-refractivity contribution in [3.05, 3.63) is 0 Å². The van der Waals surface area contributed by atoms with Crippen molar-refractivity contribution in [3.63, 3.8) is 0 Å². The Morgan fingerprint density at radius 3 is 2.33 bits per heavy atom. The SMILES string of the molecule is CC(C)(C)OC(=O)N1CCN[C@@H](CCO)C1.O=P(O)(O)O. The smallest absolute Gasteiger partial charge is 0.444 e. The molecule has 0 aromatic heterocycles. The number of carbonyl (C=O) groups excluding carboxylic acids is 1. The molecule has 0 radical (unpaired) electrons. The van der Waals surface area contributed by atoms with Crippen molar-refractivity contribution in [2.24, 2.45) is 0 Å². The summed E-state index contributed by atoms with van der Waals surface area (Å²) in [6, 6.07) is 0.172. The number of nitrogens with zero attached hydrogens (tertiary/aromatic N) is 1. The third-order valence-electron chi connectivity index (χ3n) is 2.38. The monoisotopic (exact) mass is 328 g/mol. The fourth-order valence-corrected chi connectivity index (χ4v) is 1.67. The summed E-state index contributed by atoms with van der Waals surface area (Å²) in [6.45, 7) is 7.74. The van der Waals surface area contributed by atoms with Gasteiger partial charge in [0.2, 0.25) is 0 Å². The first kappa shape index (κ1) is 20.3. The molecule has 1 heterocycles. The lowest BCUT2D eigenvalue weighted by Crippen LogP contribution is -2.53. The minimum Gasteiger partial charge on any atom is -0.444 e. The van der Waals surface area contributed by atoms with Crippen molar-refractivity contribution in [3.8, 4) is 0 Å². The number of phosphoric acid groups is 1. The van der Waals surface area contributed by atoms with E-state index >= 15 is 0 Å². The van der Waals surface area contributed by atoms with Crippen molar-refractivity contribution in [2.75, 3.05) is 26.2 Å². The van der Waals surface area contributed by atoms with Gasteiger partial charge in [-0.1, -0.05) is 0 Å². The molecule has 0 saturated carbocycles. The van der Waals surface area contributed by atoms with E-state index in [4.69, 9.17) is 29.1 Å². The van der Waals surface area contributed by atoms with Gasteiger partial charge in [-0.3, -0.25) is 0 Å². The number of aliphatic hydroxyl groups excluding tert-OH is 1. The molecule has 1 aliphatic heterocycles. The van der Waals surface area contributed by atoms with E-state index in [-0.39, 0.29) is 18.7 Å². The zero-order valence-corrected chi connectivity index (χ0v) is 13.4. The zero-order chi connectivity index (χ0) is 16.7. The topological polar surface area (TPSA) is 140 Å². The van der Waals surface area contributed by atoms with Crippen LogP contribution in [0.3, 0.4) is 0 Å². The number of piperazine rings is 1. The Morgan fingerprint density at radius 1 is 1.38 bits per heavy atom. The maximum Gasteiger partial charge on any atom is 0.466 e. The molecule has 1 fully saturated rings. The molecular weight excluding hydrogens is 303 g/mol. The molecule has 1 amide bonds. The number of ether oxygens (including phenoxy) is 1. The first-order valence-electron chi connectivity index (χ1n) is 6.53. The molecule has 126 valence electrons. The van der Waals surface area contributed by atoms with E-state index in [1.165, 1.54) is 0 Å². The zero-order valence-electron chi connectivity index (χ0n) is 12.5. The standard InChI is InChI=1S/C11H22N2O3.H3O4P/c1-11(2,3)16-10(15)13-6-5-12-9(8-13)4-7-14;1-5(2,3)4/h9,12,14H,4-8H2,1-3H3;(H3,1,2,3,4)/t9-;/m0./s1. The Hall–Kier alpha value is -0.700. The molecule has 9 nitrogen and oxygen atoms in total. The molecule has 10 heteroatoms. The van der Waals surface area contributed by atoms with Gasteiger partial charge in [0, 0.05) is 32.3 Å². The summed E-state index contributed by atoms with van der Waals surface area (Å²) in [5, 5.41) is 12.1. The van der Waals surface area contributed by atoms with Crippen LogP contribution in [0.4, 0.5) is 4.79 Å². The highest BCUT2D eigenvalue weighted by Crippen LogP contribution is 2.25. The summed E-state index contributed by atoms with van der Waals surface area (Å²) >= 11 is 0. The number of amides is 1. The number of aliphatic hydroxyl groups is 1. The second-order valence-corrected chi connectivity index (χ2v) is 6.63. The molecule has 1 saturated heterocycles. The van der Waals surface area contributed by atoms with Gasteiger partial charge in [0.05, 0.1) is 0 Å². The van der Waals surface area contributed by atoms with E-state index in [1.807, 2.05) is 20.8 Å². The number of rotatable bonds is 2. The minimum absolute atomic E-state index is 0.139. The van der Waals surface area contributed by atoms with Crippen LogP contribution in [0.1, 0.15) is 27.2 Å². The highest BCUT2D eigenvalue weighted by Gasteiger charge is 2.26. The molecule has 0 bridgehead atoms. The molecule has 0 spiro atoms. The average Bonchev–Trinajstić information content (AvgIpc) is 2.25. The van der Waals surface area contributed by atoms with Crippen molar-refractivity contribution >= 4 is 13.9 Å². The minimum atomic E-state index is -4.64. The molecule has 1 rings (SSSR count). The van der Waals surface area contributed by atoms with Crippen LogP contribution in [-0.2, 0) is 9.30 Å². The van der Waals surface area contributed by atoms with Crippen molar-refractivity contribution in [1.29, 1.82) is 0 Å². The molecule has 1 atom stereocenters. The van der Waals surface area contributed by atoms with Crippen LogP contribution >= 0.6 is 7.82 Å². The third-order valence-corrected chi connectivity index (χ3v) is 2.38. The summed E-state index contributed by atoms with van der Waals surface area (Å²) in [5.74, 6) is 0. The first-order valence-corrected chi connectivity index (χ1v) is 8.09. The highest BCUT2D eigenvalue weighted by molar-refractivity contribution is 7.45. The number of carbonyl (C=O) groups is 1. The van der Waals surface area contributed by atoms with Gasteiger partial charge >= 0.3 is 13.9 Å². The molecule has 5 N–H and O–H groups in total. The lowest BCUT2D eigenvalue weighted by atomic mass is 10.1. The molecule has 0 unspecified atom stereocenters. The Labute approximate surface area is 124 Å². The second-order valence-electron chi connectivity index (χ2n) is 5.60. The van der Waals surface area contributed by atoms with Gasteiger partial charge in [-0.15, -0.1) is 0 Å². The fourth-order valence-electron chi connectivity index (χ4n) is 1.67. The van der Waals surface area contributed by atoms with Gasteiger partial charge in [0.25, 0.3) is 0 Å². The highest BCUT2D eigenvalue weighted by atomic mass is 31.2. The maximum atomic E-state index is 11.8. The Kier molecular flexibility index (Phi) is 8.38. The fraction of sp³-hybridized carbons (Fsp3) is 0.909. The Bertz CT molecular complexity index is 356. The van der Waals surface area contributed by atoms with Crippen LogP contribution in [0.5, 0.6) is 0 Å². The lowest BCUT2D eigenvalue weighted by molar-refractivity contribution is 0.0186. The van der Waals surface area contributed by atoms with Gasteiger partial charge in [0.15, 0.2) is 0 Å². The van der Waals surface area contributed by atoms with Crippen molar-refractivity contribution < 1.29 is 33.9 Å².